The minimum Gasteiger partial charge on any atom is -0.424 e. The van der Waals surface area contributed by atoms with Crippen molar-refractivity contribution in [3.63, 3.8) is 0 Å². The van der Waals surface area contributed by atoms with Gasteiger partial charge in [-0.3, -0.25) is 4.79 Å². The van der Waals surface area contributed by atoms with Crippen molar-refractivity contribution in [2.45, 2.75) is 6.42 Å². The Hall–Kier alpha value is -2.46. The summed E-state index contributed by atoms with van der Waals surface area (Å²) in [5, 5.41) is 11.0. The van der Waals surface area contributed by atoms with E-state index in [4.69, 9.17) is 10.00 Å². The number of nitrogens with one attached hydrogen (secondary N) is 1. The number of carbonyl (C=O) groups is 1. The van der Waals surface area contributed by atoms with Crippen LogP contribution in [0.4, 0.5) is 5.69 Å². The lowest BCUT2D eigenvalue weighted by molar-refractivity contribution is -0.115. The van der Waals surface area contributed by atoms with Crippen LogP contribution in [0.15, 0.2) is 41.1 Å². The van der Waals surface area contributed by atoms with Crippen molar-refractivity contribution >= 4 is 27.5 Å². The number of halogens is 1. The van der Waals surface area contributed by atoms with Crippen molar-refractivity contribution in [3.05, 3.63) is 41.1 Å². The van der Waals surface area contributed by atoms with Crippen LogP contribution in [0.2, 0.25) is 0 Å². The number of benzene rings is 1. The number of nitrogens with zero attached hydrogens (tertiary/aromatic N) is 3. The minimum atomic E-state index is -0.371. The molecule has 0 saturated heterocycles. The molecule has 1 N–H and O–H groups in total. The van der Waals surface area contributed by atoms with Crippen LogP contribution >= 0.6 is 15.9 Å². The molecule has 1 amide bonds. The number of nitriles is 1. The Morgan fingerprint density at radius 2 is 2.15 bits per heavy atom. The molecule has 2 rings (SSSR count). The molecule has 6 nitrogen and oxygen atoms in total. The quantitative estimate of drug-likeness (QED) is 0.929. The number of carbonyl (C=O) groups excluding carboxylic acids is 1. The van der Waals surface area contributed by atoms with Crippen molar-refractivity contribution in [1.82, 2.24) is 9.97 Å². The van der Waals surface area contributed by atoms with Gasteiger partial charge in [-0.25, -0.2) is 9.97 Å². The summed E-state index contributed by atoms with van der Waals surface area (Å²) in [5.41, 5.74) is 0.542. The number of ether oxygens (including phenoxy) is 1. The third kappa shape index (κ3) is 4.03. The van der Waals surface area contributed by atoms with E-state index < -0.39 is 0 Å². The van der Waals surface area contributed by atoms with E-state index in [1.54, 1.807) is 42.7 Å². The summed E-state index contributed by atoms with van der Waals surface area (Å²) in [7, 11) is 0. The van der Waals surface area contributed by atoms with Crippen LogP contribution in [0, 0.1) is 11.3 Å². The van der Waals surface area contributed by atoms with Crippen molar-refractivity contribution in [1.29, 1.82) is 5.26 Å². The first-order chi connectivity index (χ1) is 9.67. The molecular formula is C13H9BrN4O2. The lowest BCUT2D eigenvalue weighted by Gasteiger charge is -2.06. The number of amides is 1. The van der Waals surface area contributed by atoms with Gasteiger partial charge in [-0.1, -0.05) is 6.07 Å². The summed E-state index contributed by atoms with van der Waals surface area (Å²) >= 11 is 3.23. The maximum Gasteiger partial charge on any atom is 0.321 e. The van der Waals surface area contributed by atoms with Crippen LogP contribution in [-0.2, 0) is 4.79 Å². The maximum absolute atomic E-state index is 11.3. The summed E-state index contributed by atoms with van der Waals surface area (Å²) in [6.45, 7) is 0. The summed E-state index contributed by atoms with van der Waals surface area (Å²) in [5.74, 6) is 0.117. The molecule has 7 heteroatoms. The lowest BCUT2D eigenvalue weighted by Crippen LogP contribution is -2.09. The third-order valence-corrected chi connectivity index (χ3v) is 2.57. The van der Waals surface area contributed by atoms with Gasteiger partial charge in [-0.05, 0) is 28.1 Å². The van der Waals surface area contributed by atoms with Gasteiger partial charge in [0.25, 0.3) is 0 Å². The standard InChI is InChI=1S/C13H9BrN4O2/c14-9-7-16-13(17-8-9)20-11-3-1-2-10(6-11)18-12(19)4-5-15/h1-3,6-8H,4H2,(H,18,19). The van der Waals surface area contributed by atoms with Gasteiger partial charge in [0.15, 0.2) is 0 Å². The first-order valence-corrected chi connectivity index (χ1v) is 6.39. The van der Waals surface area contributed by atoms with Crippen LogP contribution in [0.3, 0.4) is 0 Å². The smallest absolute Gasteiger partial charge is 0.321 e. The normalized spacial score (nSPS) is 9.60. The molecule has 1 aromatic carbocycles. The zero-order chi connectivity index (χ0) is 14.4. The Morgan fingerprint density at radius 3 is 2.85 bits per heavy atom. The monoisotopic (exact) mass is 332 g/mol. The molecule has 100 valence electrons. The molecule has 1 aromatic heterocycles. The van der Waals surface area contributed by atoms with Crippen LogP contribution in [-0.4, -0.2) is 15.9 Å². The van der Waals surface area contributed by atoms with Crippen molar-refractivity contribution in [2.24, 2.45) is 0 Å². The number of rotatable bonds is 4. The number of hydrogen-bond acceptors (Lipinski definition) is 5. The van der Waals surface area contributed by atoms with E-state index >= 15 is 0 Å². The first kappa shape index (κ1) is 14.0. The lowest BCUT2D eigenvalue weighted by atomic mass is 10.3. The van der Waals surface area contributed by atoms with Crippen molar-refractivity contribution in [3.8, 4) is 17.8 Å². The Kier molecular flexibility index (Phi) is 4.63. The van der Waals surface area contributed by atoms with Gasteiger partial charge >= 0.3 is 6.01 Å². The highest BCUT2D eigenvalue weighted by atomic mass is 79.9. The topological polar surface area (TPSA) is 87.9 Å². The molecule has 1 heterocycles. The van der Waals surface area contributed by atoms with Gasteiger partial charge in [-0.15, -0.1) is 0 Å². The highest BCUT2D eigenvalue weighted by molar-refractivity contribution is 9.10. The van der Waals surface area contributed by atoms with E-state index in [-0.39, 0.29) is 18.3 Å². The summed E-state index contributed by atoms with van der Waals surface area (Å²) in [6, 6.07) is 8.74. The predicted molar refractivity (Wildman–Crippen MR) is 75.1 cm³/mol. The van der Waals surface area contributed by atoms with Crippen LogP contribution in [0.25, 0.3) is 0 Å². The Balaban J connectivity index is 2.08. The summed E-state index contributed by atoms with van der Waals surface area (Å²) in [6.07, 6.45) is 2.95. The molecular weight excluding hydrogens is 324 g/mol. The van der Waals surface area contributed by atoms with E-state index in [0.717, 1.165) is 4.47 Å². The van der Waals surface area contributed by atoms with Gasteiger partial charge in [0.2, 0.25) is 5.91 Å². The molecule has 0 aliphatic carbocycles. The fourth-order valence-electron chi connectivity index (χ4n) is 1.37. The van der Waals surface area contributed by atoms with Gasteiger partial charge in [0.05, 0.1) is 10.5 Å². The van der Waals surface area contributed by atoms with Gasteiger partial charge < -0.3 is 10.1 Å². The third-order valence-electron chi connectivity index (χ3n) is 2.16. The molecule has 0 fully saturated rings. The van der Waals surface area contributed by atoms with Gasteiger partial charge in [0, 0.05) is 24.1 Å². The number of anilines is 1. The fourth-order valence-corrected chi connectivity index (χ4v) is 1.58. The van der Waals surface area contributed by atoms with Crippen LogP contribution < -0.4 is 10.1 Å². The zero-order valence-corrected chi connectivity index (χ0v) is 11.8. The second kappa shape index (κ2) is 6.63. The minimum absolute atomic E-state index is 0.194. The second-order valence-electron chi connectivity index (χ2n) is 3.70. The van der Waals surface area contributed by atoms with E-state index in [1.165, 1.54) is 0 Å². The maximum atomic E-state index is 11.3. The Labute approximate surface area is 123 Å². The van der Waals surface area contributed by atoms with E-state index in [1.807, 2.05) is 0 Å². The molecule has 20 heavy (non-hydrogen) atoms. The highest BCUT2D eigenvalue weighted by Gasteiger charge is 2.04. The Bertz CT molecular complexity index is 652. The largest absolute Gasteiger partial charge is 0.424 e. The van der Waals surface area contributed by atoms with Gasteiger partial charge in [0.1, 0.15) is 12.2 Å². The van der Waals surface area contributed by atoms with Crippen LogP contribution in [0.1, 0.15) is 6.42 Å². The molecule has 0 bridgehead atoms. The molecule has 0 atom stereocenters. The molecule has 0 saturated carbocycles. The summed E-state index contributed by atoms with van der Waals surface area (Å²) < 4.78 is 6.21. The SMILES string of the molecule is N#CCC(=O)Nc1cccc(Oc2ncc(Br)cn2)c1. The molecule has 0 aliphatic rings. The van der Waals surface area contributed by atoms with Gasteiger partial charge in [-0.2, -0.15) is 5.26 Å². The van der Waals surface area contributed by atoms with E-state index in [2.05, 4.69) is 31.2 Å². The number of hydrogen-bond donors (Lipinski definition) is 1. The molecule has 0 radical (unpaired) electrons. The van der Waals surface area contributed by atoms with Crippen molar-refractivity contribution < 1.29 is 9.53 Å². The number of aromatic nitrogens is 2. The summed E-state index contributed by atoms with van der Waals surface area (Å²) in [4.78, 5) is 19.3. The zero-order valence-electron chi connectivity index (χ0n) is 10.2. The van der Waals surface area contributed by atoms with E-state index in [0.29, 0.717) is 11.4 Å². The highest BCUT2D eigenvalue weighted by Crippen LogP contribution is 2.22. The van der Waals surface area contributed by atoms with Crippen molar-refractivity contribution in [2.75, 3.05) is 5.32 Å². The first-order valence-electron chi connectivity index (χ1n) is 5.59. The average Bonchev–Trinajstić information content (AvgIpc) is 2.42. The average molecular weight is 333 g/mol. The molecule has 2 aromatic rings. The van der Waals surface area contributed by atoms with E-state index in [9.17, 15) is 4.79 Å². The van der Waals surface area contributed by atoms with Crippen LogP contribution in [0.5, 0.6) is 11.8 Å². The predicted octanol–water partition coefficient (Wildman–Crippen LogP) is 2.88. The molecule has 0 unspecified atom stereocenters. The molecule has 0 aliphatic heterocycles. The fraction of sp³-hybridized carbons (Fsp3) is 0.0769. The Morgan fingerprint density at radius 1 is 1.40 bits per heavy atom. The molecule has 0 spiro atoms. The second-order valence-corrected chi connectivity index (χ2v) is 4.61.